The molecule has 1 amide bonds. The first kappa shape index (κ1) is 16.3. The second-order valence-electron chi connectivity index (χ2n) is 6.34. The Balaban J connectivity index is 2.00. The van der Waals surface area contributed by atoms with Gasteiger partial charge in [-0.05, 0) is 39.0 Å². The second kappa shape index (κ2) is 6.36. The molecule has 1 aliphatic heterocycles. The van der Waals surface area contributed by atoms with E-state index in [4.69, 9.17) is 0 Å². The summed E-state index contributed by atoms with van der Waals surface area (Å²) in [6.45, 7) is 2.06. The SMILES string of the molecule is CC(=O)CC1CCCN1C(=O)C1CCCC(C(F)(F)F)C1. The zero-order chi connectivity index (χ0) is 15.6. The standard InChI is InChI=1S/C15H22F3NO2/c1-10(20)8-13-6-3-7-19(13)14(21)11-4-2-5-12(9-11)15(16,17)18/h11-13H,2-9H2,1H3. The van der Waals surface area contributed by atoms with E-state index in [9.17, 15) is 22.8 Å². The molecular weight excluding hydrogens is 283 g/mol. The topological polar surface area (TPSA) is 37.4 Å². The molecule has 0 spiro atoms. The molecule has 2 rings (SSSR count). The molecule has 0 aromatic heterocycles. The zero-order valence-corrected chi connectivity index (χ0v) is 12.3. The largest absolute Gasteiger partial charge is 0.391 e. The second-order valence-corrected chi connectivity index (χ2v) is 6.34. The number of amides is 1. The van der Waals surface area contributed by atoms with Crippen LogP contribution in [-0.2, 0) is 9.59 Å². The lowest BCUT2D eigenvalue weighted by atomic mass is 9.80. The predicted molar refractivity (Wildman–Crippen MR) is 71.5 cm³/mol. The highest BCUT2D eigenvalue weighted by Crippen LogP contribution is 2.41. The maximum atomic E-state index is 12.8. The summed E-state index contributed by atoms with van der Waals surface area (Å²) in [7, 11) is 0. The van der Waals surface area contributed by atoms with Crippen molar-refractivity contribution < 1.29 is 22.8 Å². The van der Waals surface area contributed by atoms with E-state index in [2.05, 4.69) is 0 Å². The fourth-order valence-corrected chi connectivity index (χ4v) is 3.62. The van der Waals surface area contributed by atoms with Crippen LogP contribution in [0.5, 0.6) is 0 Å². The normalized spacial score (nSPS) is 30.5. The van der Waals surface area contributed by atoms with Gasteiger partial charge in [-0.1, -0.05) is 6.42 Å². The molecule has 0 N–H and O–H groups in total. The summed E-state index contributed by atoms with van der Waals surface area (Å²) in [6, 6.07) is -0.110. The van der Waals surface area contributed by atoms with Gasteiger partial charge in [0.05, 0.1) is 5.92 Å². The van der Waals surface area contributed by atoms with Crippen LogP contribution in [0, 0.1) is 11.8 Å². The minimum absolute atomic E-state index is 0.0245. The van der Waals surface area contributed by atoms with Crippen molar-refractivity contribution in [2.45, 2.75) is 64.1 Å². The van der Waals surface area contributed by atoms with Gasteiger partial charge in [-0.15, -0.1) is 0 Å². The van der Waals surface area contributed by atoms with E-state index in [1.807, 2.05) is 0 Å². The van der Waals surface area contributed by atoms with Crippen LogP contribution in [0.4, 0.5) is 13.2 Å². The van der Waals surface area contributed by atoms with Gasteiger partial charge in [-0.2, -0.15) is 13.2 Å². The molecule has 3 unspecified atom stereocenters. The number of nitrogens with zero attached hydrogens (tertiary/aromatic N) is 1. The number of likely N-dealkylation sites (tertiary alicyclic amines) is 1. The van der Waals surface area contributed by atoms with Gasteiger partial charge < -0.3 is 4.90 Å². The van der Waals surface area contributed by atoms with Crippen LogP contribution in [-0.4, -0.2) is 35.4 Å². The summed E-state index contributed by atoms with van der Waals surface area (Å²) in [6.07, 6.45) is -1.25. The first-order valence-electron chi connectivity index (χ1n) is 7.65. The number of alkyl halides is 3. The summed E-state index contributed by atoms with van der Waals surface area (Å²) in [4.78, 5) is 25.4. The lowest BCUT2D eigenvalue weighted by Crippen LogP contribution is -2.43. The predicted octanol–water partition coefficient (Wildman–Crippen LogP) is 3.33. The Kier molecular flexibility index (Phi) is 4.94. The molecule has 2 aliphatic rings. The monoisotopic (exact) mass is 305 g/mol. The highest BCUT2D eigenvalue weighted by Gasteiger charge is 2.45. The van der Waals surface area contributed by atoms with Gasteiger partial charge >= 0.3 is 6.18 Å². The van der Waals surface area contributed by atoms with Gasteiger partial charge in [-0.3, -0.25) is 9.59 Å². The smallest absolute Gasteiger partial charge is 0.339 e. The van der Waals surface area contributed by atoms with Crippen molar-refractivity contribution in [2.75, 3.05) is 6.54 Å². The molecule has 0 bridgehead atoms. The Hall–Kier alpha value is -1.07. The van der Waals surface area contributed by atoms with Crippen LogP contribution < -0.4 is 0 Å². The van der Waals surface area contributed by atoms with Crippen LogP contribution in [0.15, 0.2) is 0 Å². The van der Waals surface area contributed by atoms with Crippen molar-refractivity contribution in [1.29, 1.82) is 0 Å². The third-order valence-corrected chi connectivity index (χ3v) is 4.67. The van der Waals surface area contributed by atoms with E-state index in [-0.39, 0.29) is 30.6 Å². The fourth-order valence-electron chi connectivity index (χ4n) is 3.62. The minimum Gasteiger partial charge on any atom is -0.339 e. The summed E-state index contributed by atoms with van der Waals surface area (Å²) in [5.41, 5.74) is 0. The Morgan fingerprint density at radius 2 is 1.86 bits per heavy atom. The van der Waals surface area contributed by atoms with E-state index in [1.165, 1.54) is 6.92 Å². The molecule has 2 fully saturated rings. The van der Waals surface area contributed by atoms with E-state index in [0.29, 0.717) is 25.8 Å². The summed E-state index contributed by atoms with van der Waals surface area (Å²) in [5.74, 6) is -2.03. The number of hydrogen-bond acceptors (Lipinski definition) is 2. The van der Waals surface area contributed by atoms with Gasteiger partial charge in [-0.25, -0.2) is 0 Å². The number of ketones is 1. The molecule has 3 nitrogen and oxygen atoms in total. The van der Waals surface area contributed by atoms with Crippen molar-refractivity contribution in [1.82, 2.24) is 4.90 Å². The maximum absolute atomic E-state index is 12.8. The Bertz CT molecular complexity index is 408. The number of carbonyl (C=O) groups is 2. The first-order valence-corrected chi connectivity index (χ1v) is 7.65. The molecule has 1 saturated heterocycles. The number of Topliss-reactive ketones (excluding diaryl/α,β-unsaturated/α-hetero) is 1. The van der Waals surface area contributed by atoms with Crippen LogP contribution in [0.1, 0.15) is 51.9 Å². The Morgan fingerprint density at radius 3 is 2.48 bits per heavy atom. The molecule has 1 saturated carbocycles. The summed E-state index contributed by atoms with van der Waals surface area (Å²) >= 11 is 0. The van der Waals surface area contributed by atoms with Gasteiger partial charge in [0.1, 0.15) is 5.78 Å². The average molecular weight is 305 g/mol. The number of carbonyl (C=O) groups excluding carboxylic acids is 2. The van der Waals surface area contributed by atoms with E-state index >= 15 is 0 Å². The lowest BCUT2D eigenvalue weighted by Gasteiger charge is -2.34. The van der Waals surface area contributed by atoms with Crippen molar-refractivity contribution >= 4 is 11.7 Å². The minimum atomic E-state index is -4.21. The van der Waals surface area contributed by atoms with Crippen molar-refractivity contribution in [3.8, 4) is 0 Å². The Labute approximate surface area is 122 Å². The molecule has 0 aromatic carbocycles. The zero-order valence-electron chi connectivity index (χ0n) is 12.3. The molecule has 1 heterocycles. The fraction of sp³-hybridized carbons (Fsp3) is 0.867. The molecular formula is C15H22F3NO2. The quantitative estimate of drug-likeness (QED) is 0.802. The van der Waals surface area contributed by atoms with Gasteiger partial charge in [0.2, 0.25) is 5.91 Å². The van der Waals surface area contributed by atoms with Crippen molar-refractivity contribution in [3.05, 3.63) is 0 Å². The third-order valence-electron chi connectivity index (χ3n) is 4.67. The highest BCUT2D eigenvalue weighted by molar-refractivity contribution is 5.81. The van der Waals surface area contributed by atoms with Crippen molar-refractivity contribution in [3.63, 3.8) is 0 Å². The first-order chi connectivity index (χ1) is 9.79. The number of hydrogen-bond donors (Lipinski definition) is 0. The van der Waals surface area contributed by atoms with E-state index in [0.717, 1.165) is 12.8 Å². The summed E-state index contributed by atoms with van der Waals surface area (Å²) < 4.78 is 38.5. The molecule has 0 radical (unpaired) electrons. The van der Waals surface area contributed by atoms with Gasteiger partial charge in [0, 0.05) is 24.9 Å². The van der Waals surface area contributed by atoms with Gasteiger partial charge in [0.25, 0.3) is 0 Å². The average Bonchev–Trinajstić information content (AvgIpc) is 2.84. The number of rotatable bonds is 3. The number of halogens is 3. The Morgan fingerprint density at radius 1 is 1.14 bits per heavy atom. The lowest BCUT2D eigenvalue weighted by molar-refractivity contribution is -0.187. The van der Waals surface area contributed by atoms with Crippen LogP contribution in [0.25, 0.3) is 0 Å². The third kappa shape index (κ3) is 3.98. The van der Waals surface area contributed by atoms with Crippen LogP contribution in [0.3, 0.4) is 0 Å². The molecule has 3 atom stereocenters. The van der Waals surface area contributed by atoms with E-state index < -0.39 is 18.0 Å². The maximum Gasteiger partial charge on any atom is 0.391 e. The molecule has 1 aliphatic carbocycles. The van der Waals surface area contributed by atoms with Crippen molar-refractivity contribution in [2.24, 2.45) is 11.8 Å². The summed E-state index contributed by atoms with van der Waals surface area (Å²) in [5, 5.41) is 0. The molecule has 6 heteroatoms. The van der Waals surface area contributed by atoms with E-state index in [1.54, 1.807) is 4.90 Å². The van der Waals surface area contributed by atoms with Crippen LogP contribution >= 0.6 is 0 Å². The molecule has 0 aromatic rings. The molecule has 21 heavy (non-hydrogen) atoms. The highest BCUT2D eigenvalue weighted by atomic mass is 19.4. The molecule has 120 valence electrons. The van der Waals surface area contributed by atoms with Gasteiger partial charge in [0.15, 0.2) is 0 Å². The van der Waals surface area contributed by atoms with Crippen LogP contribution in [0.2, 0.25) is 0 Å².